The van der Waals surface area contributed by atoms with Crippen LogP contribution in [0.3, 0.4) is 0 Å². The molecule has 0 saturated carbocycles. The van der Waals surface area contributed by atoms with E-state index >= 15 is 0 Å². The molecule has 1 aromatic heterocycles. The number of nitrogens with zero attached hydrogens (tertiary/aromatic N) is 3. The van der Waals surface area contributed by atoms with Gasteiger partial charge in [-0.1, -0.05) is 0 Å². The number of anilines is 1. The van der Waals surface area contributed by atoms with Crippen LogP contribution in [0.1, 0.15) is 12.6 Å². The summed E-state index contributed by atoms with van der Waals surface area (Å²) in [5.74, 6) is 0.451. The fraction of sp³-hybridized carbons (Fsp3) is 0.500. The number of ether oxygens (including phenoxy) is 1. The highest BCUT2D eigenvalue weighted by atomic mass is 16.5. The van der Waals surface area contributed by atoms with Crippen LogP contribution in [-0.2, 0) is 9.53 Å². The van der Waals surface area contributed by atoms with Crippen molar-refractivity contribution in [1.29, 1.82) is 0 Å². The molecular formula is C10H15N3O2. The van der Waals surface area contributed by atoms with Gasteiger partial charge in [0.1, 0.15) is 6.54 Å². The predicted molar refractivity (Wildman–Crippen MR) is 56.7 cm³/mol. The van der Waals surface area contributed by atoms with Crippen LogP contribution in [0.2, 0.25) is 0 Å². The number of rotatable bonds is 4. The van der Waals surface area contributed by atoms with Gasteiger partial charge >= 0.3 is 5.97 Å². The minimum Gasteiger partial charge on any atom is -0.468 e. The van der Waals surface area contributed by atoms with E-state index in [1.54, 1.807) is 12.4 Å². The second kappa shape index (κ2) is 5.29. The molecule has 15 heavy (non-hydrogen) atoms. The highest BCUT2D eigenvalue weighted by Gasteiger charge is 2.13. The predicted octanol–water partition coefficient (Wildman–Crippen LogP) is 0.784. The lowest BCUT2D eigenvalue weighted by Crippen LogP contribution is -2.31. The standard InChI is InChI=1S/C10H15N3O2/c1-4-13(7-9(14)15-3)10-8(2)11-5-6-12-10/h5-6H,4,7H2,1-3H3. The number of likely N-dealkylation sites (N-methyl/N-ethyl adjacent to an activating group) is 1. The zero-order valence-electron chi connectivity index (χ0n) is 9.23. The SMILES string of the molecule is CCN(CC(=O)OC)c1nccnc1C. The lowest BCUT2D eigenvalue weighted by atomic mass is 10.4. The summed E-state index contributed by atoms with van der Waals surface area (Å²) in [6.45, 7) is 4.71. The maximum Gasteiger partial charge on any atom is 0.325 e. The van der Waals surface area contributed by atoms with Gasteiger partial charge in [0.25, 0.3) is 0 Å². The van der Waals surface area contributed by atoms with Gasteiger partial charge in [-0.3, -0.25) is 9.78 Å². The molecule has 5 nitrogen and oxygen atoms in total. The Kier molecular flexibility index (Phi) is 4.03. The van der Waals surface area contributed by atoms with Crippen molar-refractivity contribution < 1.29 is 9.53 Å². The summed E-state index contributed by atoms with van der Waals surface area (Å²) in [7, 11) is 1.37. The number of aromatic nitrogens is 2. The fourth-order valence-corrected chi connectivity index (χ4v) is 1.27. The molecule has 5 heteroatoms. The third kappa shape index (κ3) is 2.90. The molecule has 1 rings (SSSR count). The molecule has 0 aromatic carbocycles. The van der Waals surface area contributed by atoms with E-state index in [0.717, 1.165) is 11.5 Å². The van der Waals surface area contributed by atoms with Crippen LogP contribution >= 0.6 is 0 Å². The molecule has 0 fully saturated rings. The largest absolute Gasteiger partial charge is 0.468 e. The summed E-state index contributed by atoms with van der Waals surface area (Å²) >= 11 is 0. The zero-order chi connectivity index (χ0) is 11.3. The van der Waals surface area contributed by atoms with Crippen molar-refractivity contribution >= 4 is 11.8 Å². The van der Waals surface area contributed by atoms with Gasteiger partial charge in [0, 0.05) is 18.9 Å². The van der Waals surface area contributed by atoms with Gasteiger partial charge in [0.2, 0.25) is 0 Å². The molecule has 0 atom stereocenters. The first-order valence-corrected chi connectivity index (χ1v) is 4.78. The monoisotopic (exact) mass is 209 g/mol. The molecule has 1 heterocycles. The average Bonchev–Trinajstić information content (AvgIpc) is 2.26. The van der Waals surface area contributed by atoms with Gasteiger partial charge in [-0.15, -0.1) is 0 Å². The Labute approximate surface area is 89.1 Å². The fourth-order valence-electron chi connectivity index (χ4n) is 1.27. The summed E-state index contributed by atoms with van der Waals surface area (Å²) in [4.78, 5) is 21.3. The van der Waals surface area contributed by atoms with E-state index in [1.807, 2.05) is 18.7 Å². The first kappa shape index (κ1) is 11.4. The summed E-state index contributed by atoms with van der Waals surface area (Å²) in [5, 5.41) is 0. The lowest BCUT2D eigenvalue weighted by molar-refractivity contribution is -0.138. The zero-order valence-corrected chi connectivity index (χ0v) is 9.23. The van der Waals surface area contributed by atoms with E-state index < -0.39 is 0 Å². The summed E-state index contributed by atoms with van der Waals surface area (Å²) in [5.41, 5.74) is 0.809. The number of carbonyl (C=O) groups is 1. The van der Waals surface area contributed by atoms with E-state index in [1.165, 1.54) is 7.11 Å². The number of esters is 1. The van der Waals surface area contributed by atoms with Gasteiger partial charge in [-0.25, -0.2) is 4.98 Å². The Morgan fingerprint density at radius 1 is 1.47 bits per heavy atom. The topological polar surface area (TPSA) is 55.3 Å². The van der Waals surface area contributed by atoms with Crippen molar-refractivity contribution in [2.75, 3.05) is 25.1 Å². The Bertz CT molecular complexity index is 341. The van der Waals surface area contributed by atoms with Gasteiger partial charge in [-0.05, 0) is 13.8 Å². The van der Waals surface area contributed by atoms with Crippen molar-refractivity contribution in [2.45, 2.75) is 13.8 Å². The van der Waals surface area contributed by atoms with Crippen LogP contribution in [0.25, 0.3) is 0 Å². The number of hydrogen-bond acceptors (Lipinski definition) is 5. The summed E-state index contributed by atoms with van der Waals surface area (Å²) in [6, 6.07) is 0. The van der Waals surface area contributed by atoms with Crippen molar-refractivity contribution in [3.63, 3.8) is 0 Å². The van der Waals surface area contributed by atoms with E-state index in [4.69, 9.17) is 0 Å². The molecule has 0 aliphatic carbocycles. The number of carbonyl (C=O) groups excluding carboxylic acids is 1. The lowest BCUT2D eigenvalue weighted by Gasteiger charge is -2.21. The van der Waals surface area contributed by atoms with Gasteiger partial charge in [0.15, 0.2) is 5.82 Å². The smallest absolute Gasteiger partial charge is 0.325 e. The Balaban J connectivity index is 2.83. The van der Waals surface area contributed by atoms with Crippen LogP contribution in [0.4, 0.5) is 5.82 Å². The molecule has 1 aromatic rings. The van der Waals surface area contributed by atoms with Gasteiger partial charge in [0.05, 0.1) is 12.8 Å². The molecule has 0 radical (unpaired) electrons. The van der Waals surface area contributed by atoms with Crippen LogP contribution in [-0.4, -0.2) is 36.1 Å². The molecular weight excluding hydrogens is 194 g/mol. The molecule has 0 spiro atoms. The van der Waals surface area contributed by atoms with E-state index in [-0.39, 0.29) is 12.5 Å². The normalized spacial score (nSPS) is 9.80. The molecule has 0 saturated heterocycles. The van der Waals surface area contributed by atoms with E-state index in [0.29, 0.717) is 6.54 Å². The van der Waals surface area contributed by atoms with Crippen molar-refractivity contribution in [3.8, 4) is 0 Å². The van der Waals surface area contributed by atoms with Crippen LogP contribution in [0.5, 0.6) is 0 Å². The second-order valence-electron chi connectivity index (χ2n) is 3.06. The first-order chi connectivity index (χ1) is 7.19. The third-order valence-electron chi connectivity index (χ3n) is 2.08. The van der Waals surface area contributed by atoms with E-state index in [2.05, 4.69) is 14.7 Å². The average molecular weight is 209 g/mol. The molecule has 0 N–H and O–H groups in total. The highest BCUT2D eigenvalue weighted by Crippen LogP contribution is 2.12. The van der Waals surface area contributed by atoms with Crippen molar-refractivity contribution in [3.05, 3.63) is 18.1 Å². The molecule has 0 amide bonds. The van der Waals surface area contributed by atoms with E-state index in [9.17, 15) is 4.79 Å². The molecule has 0 bridgehead atoms. The Morgan fingerprint density at radius 3 is 2.67 bits per heavy atom. The minimum atomic E-state index is -0.276. The second-order valence-corrected chi connectivity index (χ2v) is 3.06. The Morgan fingerprint density at radius 2 is 2.13 bits per heavy atom. The summed E-state index contributed by atoms with van der Waals surface area (Å²) in [6.07, 6.45) is 3.24. The Hall–Kier alpha value is -1.65. The molecule has 0 unspecified atom stereocenters. The number of hydrogen-bond donors (Lipinski definition) is 0. The quantitative estimate of drug-likeness (QED) is 0.686. The van der Waals surface area contributed by atoms with Crippen LogP contribution < -0.4 is 4.90 Å². The van der Waals surface area contributed by atoms with Crippen molar-refractivity contribution in [2.24, 2.45) is 0 Å². The number of methoxy groups -OCH3 is 1. The van der Waals surface area contributed by atoms with Gasteiger partial charge in [-0.2, -0.15) is 0 Å². The van der Waals surface area contributed by atoms with Crippen LogP contribution in [0.15, 0.2) is 12.4 Å². The maximum atomic E-state index is 11.2. The molecule has 0 aliphatic rings. The minimum absolute atomic E-state index is 0.201. The summed E-state index contributed by atoms with van der Waals surface area (Å²) < 4.78 is 4.62. The maximum absolute atomic E-state index is 11.2. The number of aryl methyl sites for hydroxylation is 1. The third-order valence-corrected chi connectivity index (χ3v) is 2.08. The first-order valence-electron chi connectivity index (χ1n) is 4.78. The van der Waals surface area contributed by atoms with Crippen LogP contribution in [0, 0.1) is 6.92 Å². The van der Waals surface area contributed by atoms with Crippen molar-refractivity contribution in [1.82, 2.24) is 9.97 Å². The highest BCUT2D eigenvalue weighted by molar-refractivity contribution is 5.75. The molecule has 0 aliphatic heterocycles. The van der Waals surface area contributed by atoms with Gasteiger partial charge < -0.3 is 9.64 Å². The molecule has 82 valence electrons.